The maximum Gasteiger partial charge on any atom is 0.171 e. The molecule has 0 fully saturated rings. The minimum absolute atomic E-state index is 0.420. The van der Waals surface area contributed by atoms with Crippen molar-refractivity contribution in [2.75, 3.05) is 10.6 Å². The molecular weight excluding hydrogens is 288 g/mol. The molecule has 0 amide bonds. The average molecular weight is 308 g/mol. The monoisotopic (exact) mass is 308 g/mol. The van der Waals surface area contributed by atoms with Gasteiger partial charge in [-0.25, -0.2) is 4.84 Å². The number of anilines is 2. The summed E-state index contributed by atoms with van der Waals surface area (Å²) < 4.78 is 0. The number of benzene rings is 2. The van der Waals surface area contributed by atoms with Crippen LogP contribution >= 0.6 is 0 Å². The fourth-order valence-corrected chi connectivity index (χ4v) is 2.34. The lowest BCUT2D eigenvalue weighted by Gasteiger charge is -2.35. The van der Waals surface area contributed by atoms with Gasteiger partial charge in [-0.2, -0.15) is 5.17 Å². The van der Waals surface area contributed by atoms with Crippen molar-refractivity contribution in [3.63, 3.8) is 0 Å². The molecule has 5 nitrogen and oxygen atoms in total. The van der Waals surface area contributed by atoms with E-state index in [0.29, 0.717) is 12.1 Å². The Morgan fingerprint density at radius 2 is 1.65 bits per heavy atom. The minimum Gasteiger partial charge on any atom is -0.402 e. The predicted octanol–water partition coefficient (Wildman–Crippen LogP) is 2.91. The summed E-state index contributed by atoms with van der Waals surface area (Å²) in [5.41, 5.74) is 16.8. The van der Waals surface area contributed by atoms with Crippen LogP contribution in [0.1, 0.15) is 6.42 Å². The van der Waals surface area contributed by atoms with E-state index in [0.717, 1.165) is 11.4 Å². The Kier molecular flexibility index (Phi) is 4.32. The van der Waals surface area contributed by atoms with E-state index in [1.807, 2.05) is 72.8 Å². The van der Waals surface area contributed by atoms with E-state index >= 15 is 0 Å². The van der Waals surface area contributed by atoms with Gasteiger partial charge < -0.3 is 5.73 Å². The van der Waals surface area contributed by atoms with E-state index in [1.165, 1.54) is 0 Å². The highest BCUT2D eigenvalue weighted by Crippen LogP contribution is 2.25. The molecule has 0 saturated heterocycles. The van der Waals surface area contributed by atoms with Gasteiger partial charge in [0.05, 0.1) is 11.4 Å². The van der Waals surface area contributed by atoms with Crippen LogP contribution in [-0.4, -0.2) is 5.72 Å². The maximum atomic E-state index is 6.33. The molecule has 0 aromatic heterocycles. The van der Waals surface area contributed by atoms with Crippen molar-refractivity contribution >= 4 is 11.4 Å². The predicted molar refractivity (Wildman–Crippen MR) is 93.0 cm³/mol. The number of nitrogens with two attached hydrogens (primary N) is 2. The number of hydrazine groups is 1. The van der Waals surface area contributed by atoms with E-state index in [9.17, 15) is 0 Å². The fraction of sp³-hybridized carbons (Fsp3) is 0.111. The quantitative estimate of drug-likeness (QED) is 0.585. The molecule has 1 aliphatic carbocycles. The van der Waals surface area contributed by atoms with E-state index < -0.39 is 5.72 Å². The SMILES string of the molecule is NC1=CC=CC(N)(ON(Nc2ccccc2)c2ccccc2)C1. The van der Waals surface area contributed by atoms with Crippen molar-refractivity contribution in [1.82, 2.24) is 0 Å². The molecule has 0 spiro atoms. The lowest BCUT2D eigenvalue weighted by molar-refractivity contribution is -0.0147. The average Bonchev–Trinajstić information content (AvgIpc) is 2.55. The van der Waals surface area contributed by atoms with Gasteiger partial charge in [0, 0.05) is 12.1 Å². The third-order valence-electron chi connectivity index (χ3n) is 3.43. The summed E-state index contributed by atoms with van der Waals surface area (Å²) in [6, 6.07) is 19.5. The molecule has 0 saturated carbocycles. The fourth-order valence-electron chi connectivity index (χ4n) is 2.34. The van der Waals surface area contributed by atoms with Crippen LogP contribution < -0.4 is 22.1 Å². The van der Waals surface area contributed by atoms with Crippen molar-refractivity contribution in [2.45, 2.75) is 12.1 Å². The van der Waals surface area contributed by atoms with Crippen LogP contribution in [0.15, 0.2) is 84.6 Å². The van der Waals surface area contributed by atoms with Crippen LogP contribution in [0.2, 0.25) is 0 Å². The van der Waals surface area contributed by atoms with Crippen LogP contribution in [0.3, 0.4) is 0 Å². The third kappa shape index (κ3) is 3.91. The summed E-state index contributed by atoms with van der Waals surface area (Å²) in [6.45, 7) is 0. The molecule has 23 heavy (non-hydrogen) atoms. The van der Waals surface area contributed by atoms with Crippen molar-refractivity contribution < 1.29 is 4.84 Å². The van der Waals surface area contributed by atoms with Crippen molar-refractivity contribution in [1.29, 1.82) is 0 Å². The Balaban J connectivity index is 1.84. The number of rotatable bonds is 5. The number of hydrogen-bond acceptors (Lipinski definition) is 5. The molecule has 3 rings (SSSR count). The summed E-state index contributed by atoms with van der Waals surface area (Å²) in [4.78, 5) is 6.03. The number of para-hydroxylation sites is 2. The zero-order valence-electron chi connectivity index (χ0n) is 12.7. The third-order valence-corrected chi connectivity index (χ3v) is 3.43. The van der Waals surface area contributed by atoms with Crippen LogP contribution in [0, 0.1) is 0 Å². The minimum atomic E-state index is -1.00. The first kappa shape index (κ1) is 15.1. The molecule has 1 atom stereocenters. The van der Waals surface area contributed by atoms with E-state index in [2.05, 4.69) is 5.43 Å². The second-order valence-electron chi connectivity index (χ2n) is 5.43. The zero-order chi connectivity index (χ0) is 16.1. The lowest BCUT2D eigenvalue weighted by Crippen LogP contribution is -2.50. The van der Waals surface area contributed by atoms with Gasteiger partial charge >= 0.3 is 0 Å². The molecule has 1 aliphatic rings. The molecule has 5 heteroatoms. The number of hydrogen-bond donors (Lipinski definition) is 3. The van der Waals surface area contributed by atoms with E-state index in [4.69, 9.17) is 16.3 Å². The first-order valence-electron chi connectivity index (χ1n) is 7.43. The Bertz CT molecular complexity index is 699. The van der Waals surface area contributed by atoms with Crippen LogP contribution in [-0.2, 0) is 4.84 Å². The van der Waals surface area contributed by atoms with Crippen LogP contribution in [0.5, 0.6) is 0 Å². The smallest absolute Gasteiger partial charge is 0.171 e. The summed E-state index contributed by atoms with van der Waals surface area (Å²) in [7, 11) is 0. The van der Waals surface area contributed by atoms with Gasteiger partial charge in [0.25, 0.3) is 0 Å². The molecular formula is C18H20N4O. The molecule has 0 radical (unpaired) electrons. The zero-order valence-corrected chi connectivity index (χ0v) is 12.7. The van der Waals surface area contributed by atoms with Gasteiger partial charge in [-0.15, -0.1) is 0 Å². The number of nitrogens with one attached hydrogen (secondary N) is 1. The van der Waals surface area contributed by atoms with E-state index in [-0.39, 0.29) is 0 Å². The highest BCUT2D eigenvalue weighted by atomic mass is 16.7. The largest absolute Gasteiger partial charge is 0.402 e. The summed E-state index contributed by atoms with van der Waals surface area (Å²) in [5.74, 6) is 0. The van der Waals surface area contributed by atoms with Gasteiger partial charge in [-0.1, -0.05) is 42.5 Å². The molecule has 2 aromatic rings. The summed E-state index contributed by atoms with van der Waals surface area (Å²) in [5, 5.41) is 1.57. The van der Waals surface area contributed by atoms with Crippen LogP contribution in [0.4, 0.5) is 11.4 Å². The topological polar surface area (TPSA) is 76.5 Å². The van der Waals surface area contributed by atoms with Gasteiger partial charge in [0.1, 0.15) is 0 Å². The van der Waals surface area contributed by atoms with Crippen molar-refractivity contribution in [2.24, 2.45) is 11.5 Å². The first-order valence-corrected chi connectivity index (χ1v) is 7.43. The molecule has 5 N–H and O–H groups in total. The first-order chi connectivity index (χ1) is 11.1. The molecule has 0 heterocycles. The van der Waals surface area contributed by atoms with Gasteiger partial charge in [0.15, 0.2) is 5.72 Å². The Morgan fingerprint density at radius 3 is 2.30 bits per heavy atom. The van der Waals surface area contributed by atoms with Gasteiger partial charge in [0.2, 0.25) is 0 Å². The van der Waals surface area contributed by atoms with Gasteiger partial charge in [-0.3, -0.25) is 11.2 Å². The summed E-state index contributed by atoms with van der Waals surface area (Å²) >= 11 is 0. The normalized spacial score (nSPS) is 20.0. The number of allylic oxidation sites excluding steroid dienone is 2. The molecule has 0 aliphatic heterocycles. The Hall–Kier alpha value is -2.76. The number of nitrogens with zero attached hydrogens (tertiary/aromatic N) is 1. The Morgan fingerprint density at radius 1 is 1.00 bits per heavy atom. The van der Waals surface area contributed by atoms with Crippen molar-refractivity contribution in [3.8, 4) is 0 Å². The molecule has 1 unspecified atom stereocenters. The highest BCUT2D eigenvalue weighted by molar-refractivity contribution is 5.53. The standard InChI is InChI=1S/C18H20N4O/c19-15-8-7-13-18(20,14-15)23-22(17-11-5-2-6-12-17)21-16-9-3-1-4-10-16/h1-13,21H,14,19-20H2. The molecule has 2 aromatic carbocycles. The second-order valence-corrected chi connectivity index (χ2v) is 5.43. The highest BCUT2D eigenvalue weighted by Gasteiger charge is 2.29. The molecule has 118 valence electrons. The lowest BCUT2D eigenvalue weighted by atomic mass is 10.0. The molecule has 0 bridgehead atoms. The summed E-state index contributed by atoms with van der Waals surface area (Å²) in [6.07, 6.45) is 5.85. The van der Waals surface area contributed by atoms with E-state index in [1.54, 1.807) is 11.2 Å². The second kappa shape index (κ2) is 6.56. The van der Waals surface area contributed by atoms with Crippen molar-refractivity contribution in [3.05, 3.63) is 84.6 Å². The maximum absolute atomic E-state index is 6.33. The van der Waals surface area contributed by atoms with Crippen LogP contribution in [0.25, 0.3) is 0 Å². The van der Waals surface area contributed by atoms with Gasteiger partial charge in [-0.05, 0) is 36.4 Å². The Labute approximate surface area is 135 Å².